The first-order valence-electron chi connectivity index (χ1n) is 9.89. The Bertz CT molecular complexity index is 1080. The molecule has 0 spiro atoms. The average Bonchev–Trinajstić information content (AvgIpc) is 3.28. The van der Waals surface area contributed by atoms with Gasteiger partial charge in [0.1, 0.15) is 11.5 Å². The van der Waals surface area contributed by atoms with Crippen LogP contribution in [0.2, 0.25) is 0 Å². The lowest BCUT2D eigenvalue weighted by atomic mass is 10.00. The normalized spacial score (nSPS) is 16.1. The van der Waals surface area contributed by atoms with Gasteiger partial charge >= 0.3 is 0 Å². The Labute approximate surface area is 174 Å². The molecule has 2 aromatic carbocycles. The van der Waals surface area contributed by atoms with Gasteiger partial charge in [-0.25, -0.2) is 4.99 Å². The molecule has 2 aliphatic heterocycles. The molecule has 5 rings (SSSR count). The molecule has 0 amide bonds. The first kappa shape index (κ1) is 18.4. The summed E-state index contributed by atoms with van der Waals surface area (Å²) in [5, 5.41) is 4.68. The molecule has 1 aromatic heterocycles. The second-order valence-corrected chi connectivity index (χ2v) is 7.04. The molecule has 1 fully saturated rings. The fraction of sp³-hybridized carbons (Fsp3) is 0.217. The third-order valence-corrected chi connectivity index (χ3v) is 5.24. The van der Waals surface area contributed by atoms with Crippen LogP contribution >= 0.6 is 0 Å². The summed E-state index contributed by atoms with van der Waals surface area (Å²) in [7, 11) is 1.65. The molecule has 1 saturated heterocycles. The summed E-state index contributed by atoms with van der Waals surface area (Å²) >= 11 is 0. The van der Waals surface area contributed by atoms with Crippen molar-refractivity contribution >= 4 is 22.9 Å². The average molecular weight is 402 g/mol. The van der Waals surface area contributed by atoms with Crippen molar-refractivity contribution in [2.75, 3.05) is 38.3 Å². The van der Waals surface area contributed by atoms with Crippen LogP contribution in [0.3, 0.4) is 0 Å². The van der Waals surface area contributed by atoms with Crippen LogP contribution in [0.1, 0.15) is 16.9 Å². The molecule has 30 heavy (non-hydrogen) atoms. The lowest BCUT2D eigenvalue weighted by molar-refractivity contribution is 0.122. The molecule has 0 unspecified atom stereocenters. The van der Waals surface area contributed by atoms with Crippen LogP contribution in [0.25, 0.3) is 0 Å². The number of ether oxygens (including phenoxy) is 2. The van der Waals surface area contributed by atoms with Crippen LogP contribution in [0.15, 0.2) is 75.4 Å². The molecule has 0 atom stereocenters. The molecule has 0 radical (unpaired) electrons. The number of nitrogens with zero attached hydrogens (tertiary/aromatic N) is 3. The maximum atomic E-state index is 5.51. The molecule has 1 N–H and O–H groups in total. The van der Waals surface area contributed by atoms with Crippen molar-refractivity contribution < 1.29 is 13.9 Å². The highest BCUT2D eigenvalue weighted by Gasteiger charge is 2.20. The van der Waals surface area contributed by atoms with Gasteiger partial charge in [-0.3, -0.25) is 5.43 Å². The highest BCUT2D eigenvalue weighted by molar-refractivity contribution is 6.18. The summed E-state index contributed by atoms with van der Waals surface area (Å²) in [5.41, 5.74) is 7.73. The number of morpholine rings is 1. The van der Waals surface area contributed by atoms with Gasteiger partial charge in [-0.1, -0.05) is 12.1 Å². The van der Waals surface area contributed by atoms with Gasteiger partial charge < -0.3 is 18.8 Å². The van der Waals surface area contributed by atoms with Gasteiger partial charge in [0.2, 0.25) is 0 Å². The number of furan rings is 1. The SMILES string of the molecule is COc1ccc2c(c1)C(c1ccc(N3CCOCC3)cc1)=NNC(c1ccco1)=N2. The highest BCUT2D eigenvalue weighted by atomic mass is 16.5. The van der Waals surface area contributed by atoms with Crippen LogP contribution in [0.4, 0.5) is 11.4 Å². The number of nitrogens with one attached hydrogen (secondary N) is 1. The minimum absolute atomic E-state index is 0.561. The summed E-state index contributed by atoms with van der Waals surface area (Å²) in [5.74, 6) is 1.94. The number of anilines is 1. The largest absolute Gasteiger partial charge is 0.497 e. The van der Waals surface area contributed by atoms with E-state index in [0.29, 0.717) is 11.6 Å². The van der Waals surface area contributed by atoms with E-state index in [2.05, 4.69) is 39.7 Å². The van der Waals surface area contributed by atoms with E-state index >= 15 is 0 Å². The fourth-order valence-corrected chi connectivity index (χ4v) is 3.64. The van der Waals surface area contributed by atoms with E-state index in [1.165, 1.54) is 5.69 Å². The standard InChI is InChI=1S/C23H22N4O3/c1-28-18-8-9-20-19(15-18)22(25-26-23(24-20)21-3-2-12-30-21)16-4-6-17(7-5-16)27-10-13-29-14-11-27/h2-9,12,15H,10-11,13-14H2,1H3,(H,24,26). The van der Waals surface area contributed by atoms with E-state index in [4.69, 9.17) is 18.9 Å². The van der Waals surface area contributed by atoms with E-state index in [1.54, 1.807) is 13.4 Å². The van der Waals surface area contributed by atoms with E-state index in [-0.39, 0.29) is 0 Å². The van der Waals surface area contributed by atoms with Crippen LogP contribution in [0, 0.1) is 0 Å². The summed E-state index contributed by atoms with van der Waals surface area (Å²) in [6.07, 6.45) is 1.62. The van der Waals surface area contributed by atoms with Crippen molar-refractivity contribution in [2.45, 2.75) is 0 Å². The Hall–Kier alpha value is -3.58. The van der Waals surface area contributed by atoms with Gasteiger partial charge in [-0.2, -0.15) is 5.10 Å². The van der Waals surface area contributed by atoms with Gasteiger partial charge in [-0.15, -0.1) is 0 Å². The Morgan fingerprint density at radius 3 is 2.60 bits per heavy atom. The van der Waals surface area contributed by atoms with Crippen molar-refractivity contribution in [3.05, 3.63) is 77.7 Å². The lowest BCUT2D eigenvalue weighted by Gasteiger charge is -2.29. The fourth-order valence-electron chi connectivity index (χ4n) is 3.64. The van der Waals surface area contributed by atoms with E-state index in [9.17, 15) is 0 Å². The van der Waals surface area contributed by atoms with Gasteiger partial charge in [0, 0.05) is 29.9 Å². The molecule has 7 heteroatoms. The van der Waals surface area contributed by atoms with E-state index in [0.717, 1.165) is 54.6 Å². The molecule has 7 nitrogen and oxygen atoms in total. The van der Waals surface area contributed by atoms with Crippen LogP contribution < -0.4 is 15.1 Å². The Kier molecular flexibility index (Phi) is 4.94. The Balaban J connectivity index is 1.53. The number of hydrazone groups is 1. The monoisotopic (exact) mass is 402 g/mol. The molecule has 152 valence electrons. The molecule has 3 aromatic rings. The summed E-state index contributed by atoms with van der Waals surface area (Å²) < 4.78 is 16.4. The topological polar surface area (TPSA) is 71.6 Å². The van der Waals surface area contributed by atoms with Gasteiger partial charge in [0.15, 0.2) is 11.6 Å². The molecule has 0 aliphatic carbocycles. The van der Waals surface area contributed by atoms with Gasteiger partial charge in [-0.05, 0) is 42.5 Å². The molecule has 0 bridgehead atoms. The molecular formula is C23H22N4O3. The van der Waals surface area contributed by atoms with Gasteiger partial charge in [0.05, 0.1) is 32.3 Å². The maximum Gasteiger partial charge on any atom is 0.190 e. The minimum atomic E-state index is 0.561. The Morgan fingerprint density at radius 1 is 1.03 bits per heavy atom. The summed E-state index contributed by atoms with van der Waals surface area (Å²) in [6.45, 7) is 3.33. The summed E-state index contributed by atoms with van der Waals surface area (Å²) in [6, 6.07) is 17.9. The van der Waals surface area contributed by atoms with Crippen molar-refractivity contribution in [1.82, 2.24) is 5.43 Å². The molecule has 3 heterocycles. The maximum absolute atomic E-state index is 5.51. The second kappa shape index (κ2) is 8.04. The number of aliphatic imine (C=N–C) groups is 1. The number of hydrogen-bond donors (Lipinski definition) is 1. The van der Waals surface area contributed by atoms with Crippen molar-refractivity contribution in [3.8, 4) is 5.75 Å². The first-order chi connectivity index (χ1) is 14.8. The third-order valence-electron chi connectivity index (χ3n) is 5.24. The molecular weight excluding hydrogens is 380 g/mol. The number of amidine groups is 1. The predicted octanol–water partition coefficient (Wildman–Crippen LogP) is 3.56. The first-order valence-corrected chi connectivity index (χ1v) is 9.89. The zero-order valence-electron chi connectivity index (χ0n) is 16.7. The molecule has 2 aliphatic rings. The summed E-state index contributed by atoms with van der Waals surface area (Å²) in [4.78, 5) is 7.07. The minimum Gasteiger partial charge on any atom is -0.497 e. The second-order valence-electron chi connectivity index (χ2n) is 7.04. The number of hydrogen-bond acceptors (Lipinski definition) is 7. The third kappa shape index (κ3) is 3.55. The van der Waals surface area contributed by atoms with Crippen LogP contribution in [-0.4, -0.2) is 45.0 Å². The van der Waals surface area contributed by atoms with Crippen LogP contribution in [0.5, 0.6) is 5.75 Å². The van der Waals surface area contributed by atoms with Crippen LogP contribution in [-0.2, 0) is 4.74 Å². The smallest absolute Gasteiger partial charge is 0.190 e. The lowest BCUT2D eigenvalue weighted by Crippen LogP contribution is -2.36. The number of methoxy groups -OCH3 is 1. The Morgan fingerprint density at radius 2 is 1.87 bits per heavy atom. The molecule has 0 saturated carbocycles. The highest BCUT2D eigenvalue weighted by Crippen LogP contribution is 2.30. The van der Waals surface area contributed by atoms with Gasteiger partial charge in [0.25, 0.3) is 0 Å². The van der Waals surface area contributed by atoms with Crippen molar-refractivity contribution in [1.29, 1.82) is 0 Å². The quantitative estimate of drug-likeness (QED) is 0.723. The number of fused-ring (bicyclic) bond motifs is 1. The zero-order chi connectivity index (χ0) is 20.3. The van der Waals surface area contributed by atoms with Crippen molar-refractivity contribution in [3.63, 3.8) is 0 Å². The number of benzene rings is 2. The predicted molar refractivity (Wildman–Crippen MR) is 116 cm³/mol. The van der Waals surface area contributed by atoms with E-state index in [1.807, 2.05) is 30.3 Å². The van der Waals surface area contributed by atoms with E-state index < -0.39 is 0 Å². The number of rotatable bonds is 4. The van der Waals surface area contributed by atoms with Crippen molar-refractivity contribution in [2.24, 2.45) is 10.1 Å². The zero-order valence-corrected chi connectivity index (χ0v) is 16.7.